The summed E-state index contributed by atoms with van der Waals surface area (Å²) in [5.41, 5.74) is 17.6. The Hall–Kier alpha value is -8.20. The molecular formula is C60H42N2. The van der Waals surface area contributed by atoms with Crippen molar-refractivity contribution in [2.75, 3.05) is 4.90 Å². The summed E-state index contributed by atoms with van der Waals surface area (Å²) in [6, 6.07) is 92.0. The van der Waals surface area contributed by atoms with E-state index in [9.17, 15) is 0 Å². The van der Waals surface area contributed by atoms with Gasteiger partial charge in [0.15, 0.2) is 0 Å². The van der Waals surface area contributed by atoms with Crippen LogP contribution in [0, 0.1) is 0 Å². The van der Waals surface area contributed by atoms with Gasteiger partial charge in [-0.25, -0.2) is 0 Å². The first-order valence-corrected chi connectivity index (χ1v) is 21.3. The maximum atomic E-state index is 2.43. The Morgan fingerprint density at radius 1 is 0.274 bits per heavy atom. The van der Waals surface area contributed by atoms with Crippen LogP contribution in [-0.4, -0.2) is 4.57 Å². The lowest BCUT2D eigenvalue weighted by atomic mass is 9.95. The smallest absolute Gasteiger partial charge is 0.0619 e. The van der Waals surface area contributed by atoms with Crippen molar-refractivity contribution in [3.05, 3.63) is 255 Å². The van der Waals surface area contributed by atoms with E-state index in [4.69, 9.17) is 0 Å². The van der Waals surface area contributed by atoms with Crippen LogP contribution >= 0.6 is 0 Å². The molecule has 1 heterocycles. The molecule has 0 N–H and O–H groups in total. The van der Waals surface area contributed by atoms with Crippen LogP contribution in [0.1, 0.15) is 0 Å². The van der Waals surface area contributed by atoms with Crippen LogP contribution in [0.15, 0.2) is 255 Å². The minimum atomic E-state index is 1.10. The highest BCUT2D eigenvalue weighted by Gasteiger charge is 2.22. The van der Waals surface area contributed by atoms with Crippen molar-refractivity contribution in [3.8, 4) is 61.5 Å². The SMILES string of the molecule is c1ccc(-c2ccc(N(c3ccc(-c4ccccc4)cc3)c3ccc4cc(-c5ccc6c(c5)c(-c5ccccc5)c(-c5ccccc5)n6-c5ccccc5)ccc4c3)cc2)cc1. The van der Waals surface area contributed by atoms with Crippen LogP contribution in [-0.2, 0) is 0 Å². The van der Waals surface area contributed by atoms with Gasteiger partial charge in [-0.05, 0) is 122 Å². The molecule has 10 aromatic carbocycles. The molecule has 0 amide bonds. The predicted octanol–water partition coefficient (Wildman–Crippen LogP) is 16.6. The number of fused-ring (bicyclic) bond motifs is 2. The summed E-state index contributed by atoms with van der Waals surface area (Å²) >= 11 is 0. The van der Waals surface area contributed by atoms with Gasteiger partial charge in [-0.2, -0.15) is 0 Å². The third-order valence-corrected chi connectivity index (χ3v) is 12.0. The van der Waals surface area contributed by atoms with E-state index >= 15 is 0 Å². The molecule has 0 spiro atoms. The van der Waals surface area contributed by atoms with Crippen LogP contribution in [0.25, 0.3) is 83.1 Å². The summed E-state index contributed by atoms with van der Waals surface area (Å²) < 4.78 is 2.43. The van der Waals surface area contributed by atoms with Gasteiger partial charge in [0.2, 0.25) is 0 Å². The lowest BCUT2D eigenvalue weighted by Crippen LogP contribution is -2.09. The van der Waals surface area contributed by atoms with Crippen LogP contribution in [0.2, 0.25) is 0 Å². The van der Waals surface area contributed by atoms with E-state index in [1.54, 1.807) is 0 Å². The van der Waals surface area contributed by atoms with E-state index in [-0.39, 0.29) is 0 Å². The zero-order valence-electron chi connectivity index (χ0n) is 34.1. The van der Waals surface area contributed by atoms with Gasteiger partial charge in [-0.1, -0.05) is 188 Å². The van der Waals surface area contributed by atoms with Gasteiger partial charge >= 0.3 is 0 Å². The molecule has 0 aliphatic heterocycles. The number of nitrogens with zero attached hydrogens (tertiary/aromatic N) is 2. The van der Waals surface area contributed by atoms with E-state index < -0.39 is 0 Å². The first-order valence-electron chi connectivity index (χ1n) is 21.3. The molecule has 0 aliphatic carbocycles. The van der Waals surface area contributed by atoms with Crippen molar-refractivity contribution in [1.29, 1.82) is 0 Å². The lowest BCUT2D eigenvalue weighted by molar-refractivity contribution is 1.13. The van der Waals surface area contributed by atoms with Crippen molar-refractivity contribution < 1.29 is 0 Å². The third-order valence-electron chi connectivity index (χ3n) is 12.0. The zero-order valence-corrected chi connectivity index (χ0v) is 34.1. The number of hydrogen-bond donors (Lipinski definition) is 0. The fourth-order valence-electron chi connectivity index (χ4n) is 8.95. The summed E-state index contributed by atoms with van der Waals surface area (Å²) in [5, 5.41) is 3.60. The molecule has 0 saturated carbocycles. The van der Waals surface area contributed by atoms with Crippen molar-refractivity contribution in [3.63, 3.8) is 0 Å². The molecule has 1 aromatic heterocycles. The Balaban J connectivity index is 1.01. The molecule has 0 fully saturated rings. The van der Waals surface area contributed by atoms with E-state index in [1.807, 2.05) is 0 Å². The highest BCUT2D eigenvalue weighted by atomic mass is 15.1. The summed E-state index contributed by atoms with van der Waals surface area (Å²) in [7, 11) is 0. The Morgan fingerprint density at radius 3 is 1.24 bits per heavy atom. The van der Waals surface area contributed by atoms with Gasteiger partial charge in [0.25, 0.3) is 0 Å². The first kappa shape index (κ1) is 36.8. The largest absolute Gasteiger partial charge is 0.310 e. The van der Waals surface area contributed by atoms with Crippen molar-refractivity contribution in [2.45, 2.75) is 0 Å². The van der Waals surface area contributed by atoms with E-state index in [0.29, 0.717) is 0 Å². The van der Waals surface area contributed by atoms with Gasteiger partial charge in [-0.15, -0.1) is 0 Å². The number of aromatic nitrogens is 1. The van der Waals surface area contributed by atoms with E-state index in [0.717, 1.165) is 22.7 Å². The van der Waals surface area contributed by atoms with Crippen molar-refractivity contribution in [2.24, 2.45) is 0 Å². The van der Waals surface area contributed by atoms with E-state index in [1.165, 1.54) is 77.4 Å². The molecule has 11 aromatic rings. The summed E-state index contributed by atoms with van der Waals surface area (Å²) in [6.45, 7) is 0. The predicted molar refractivity (Wildman–Crippen MR) is 263 cm³/mol. The summed E-state index contributed by atoms with van der Waals surface area (Å²) in [5.74, 6) is 0. The minimum Gasteiger partial charge on any atom is -0.310 e. The molecule has 292 valence electrons. The molecule has 0 unspecified atom stereocenters. The van der Waals surface area contributed by atoms with Crippen LogP contribution in [0.3, 0.4) is 0 Å². The van der Waals surface area contributed by atoms with E-state index in [2.05, 4.69) is 264 Å². The number of hydrogen-bond acceptors (Lipinski definition) is 1. The average Bonchev–Trinajstić information content (AvgIpc) is 3.70. The quantitative estimate of drug-likeness (QED) is 0.141. The molecule has 0 atom stereocenters. The molecule has 0 aliphatic rings. The van der Waals surface area contributed by atoms with Crippen molar-refractivity contribution >= 4 is 38.7 Å². The second-order valence-corrected chi connectivity index (χ2v) is 15.8. The highest BCUT2D eigenvalue weighted by Crippen LogP contribution is 2.45. The molecule has 62 heavy (non-hydrogen) atoms. The fraction of sp³-hybridized carbons (Fsp3) is 0. The fourth-order valence-corrected chi connectivity index (χ4v) is 8.95. The molecule has 0 saturated heterocycles. The van der Waals surface area contributed by atoms with Gasteiger partial charge in [0, 0.05) is 33.7 Å². The van der Waals surface area contributed by atoms with Crippen LogP contribution < -0.4 is 4.90 Å². The Kier molecular flexibility index (Phi) is 9.57. The summed E-state index contributed by atoms with van der Waals surface area (Å²) in [6.07, 6.45) is 0. The molecule has 2 nitrogen and oxygen atoms in total. The number of para-hydroxylation sites is 1. The van der Waals surface area contributed by atoms with Gasteiger partial charge in [-0.3, -0.25) is 0 Å². The maximum absolute atomic E-state index is 2.43. The second-order valence-electron chi connectivity index (χ2n) is 15.8. The molecule has 2 heteroatoms. The number of rotatable bonds is 9. The van der Waals surface area contributed by atoms with Gasteiger partial charge in [0.1, 0.15) is 0 Å². The average molecular weight is 791 g/mol. The molecular weight excluding hydrogens is 749 g/mol. The topological polar surface area (TPSA) is 8.17 Å². The monoisotopic (exact) mass is 790 g/mol. The van der Waals surface area contributed by atoms with Gasteiger partial charge < -0.3 is 9.47 Å². The normalized spacial score (nSPS) is 11.2. The minimum absolute atomic E-state index is 1.10. The Labute approximate surface area is 362 Å². The number of benzene rings is 10. The Morgan fingerprint density at radius 2 is 0.677 bits per heavy atom. The van der Waals surface area contributed by atoms with Crippen LogP contribution in [0.4, 0.5) is 17.1 Å². The standard InChI is InChI=1S/C60H42N2/c1-6-16-43(17-7-1)45-28-34-54(35-29-45)61(55-36-30-46(31-37-55)44-18-8-2-9-19-44)56-38-32-50-40-49(26-27-51(50)41-56)52-33-39-58-57(42-52)59(47-20-10-3-11-21-47)60(48-22-12-4-13-23-48)62(58)53-24-14-5-15-25-53/h1-42H. The summed E-state index contributed by atoms with van der Waals surface area (Å²) in [4.78, 5) is 2.36. The maximum Gasteiger partial charge on any atom is 0.0619 e. The van der Waals surface area contributed by atoms with Crippen molar-refractivity contribution in [1.82, 2.24) is 4.57 Å². The zero-order chi connectivity index (χ0) is 41.2. The van der Waals surface area contributed by atoms with Crippen LogP contribution in [0.5, 0.6) is 0 Å². The Bertz CT molecular complexity index is 3200. The number of anilines is 3. The molecule has 0 bridgehead atoms. The second kappa shape index (κ2) is 16.1. The highest BCUT2D eigenvalue weighted by molar-refractivity contribution is 6.07. The first-order chi connectivity index (χ1) is 30.7. The lowest BCUT2D eigenvalue weighted by Gasteiger charge is -2.26. The third kappa shape index (κ3) is 6.94. The molecule has 0 radical (unpaired) electrons. The van der Waals surface area contributed by atoms with Gasteiger partial charge in [0.05, 0.1) is 11.2 Å². The molecule has 11 rings (SSSR count).